The molecule has 0 aliphatic rings. The Morgan fingerprint density at radius 2 is 2.32 bits per heavy atom. The fourth-order valence-electron chi connectivity index (χ4n) is 1.67. The molecule has 6 nitrogen and oxygen atoms in total. The Morgan fingerprint density at radius 3 is 3.00 bits per heavy atom. The second-order valence-electron chi connectivity index (χ2n) is 3.94. The number of hydrogen-bond acceptors (Lipinski definition) is 4. The number of aryl methyl sites for hydroxylation is 1. The Labute approximate surface area is 118 Å². The van der Waals surface area contributed by atoms with Crippen LogP contribution in [0.5, 0.6) is 0 Å². The Hall–Kier alpha value is -1.89. The number of aromatic carboxylic acids is 1. The molecule has 0 fully saturated rings. The van der Waals surface area contributed by atoms with E-state index in [4.69, 9.17) is 5.11 Å². The lowest BCUT2D eigenvalue weighted by Crippen LogP contribution is -2.10. The van der Waals surface area contributed by atoms with Gasteiger partial charge in [0.15, 0.2) is 0 Å². The fraction of sp³-hybridized carbons (Fsp3) is 0.250. The van der Waals surface area contributed by atoms with E-state index in [2.05, 4.69) is 31.6 Å². The number of nitrogens with one attached hydrogen (secondary N) is 1. The molecule has 0 aliphatic heterocycles. The normalized spacial score (nSPS) is 10.4. The first-order valence-electron chi connectivity index (χ1n) is 5.77. The molecule has 0 saturated carbocycles. The van der Waals surface area contributed by atoms with E-state index in [1.807, 2.05) is 0 Å². The van der Waals surface area contributed by atoms with Crippen LogP contribution in [0.3, 0.4) is 0 Å². The predicted molar refractivity (Wildman–Crippen MR) is 74.2 cm³/mol. The van der Waals surface area contributed by atoms with Gasteiger partial charge in [0.25, 0.3) is 0 Å². The molecular formula is C12H13BrN4O2. The second-order valence-corrected chi connectivity index (χ2v) is 4.86. The molecule has 1 aromatic carbocycles. The van der Waals surface area contributed by atoms with Gasteiger partial charge in [-0.2, -0.15) is 0 Å². The average molecular weight is 325 g/mol. The van der Waals surface area contributed by atoms with Crippen molar-refractivity contribution in [2.75, 3.05) is 11.9 Å². The molecule has 0 unspecified atom stereocenters. The molecule has 0 aliphatic carbocycles. The van der Waals surface area contributed by atoms with Crippen molar-refractivity contribution >= 4 is 27.6 Å². The molecule has 0 saturated heterocycles. The molecule has 19 heavy (non-hydrogen) atoms. The average Bonchev–Trinajstić information content (AvgIpc) is 2.87. The summed E-state index contributed by atoms with van der Waals surface area (Å²) in [6.45, 7) is 1.40. The highest BCUT2D eigenvalue weighted by Gasteiger charge is 2.09. The zero-order chi connectivity index (χ0) is 13.7. The molecule has 2 N–H and O–H groups in total. The van der Waals surface area contributed by atoms with Crippen LogP contribution in [0.2, 0.25) is 0 Å². The standard InChI is InChI=1S/C12H13BrN4O2/c13-9-2-3-10(12(18)19)11(8-9)14-4-1-6-17-7-5-15-16-17/h2-3,5,7-8,14H,1,4,6H2,(H,18,19). The summed E-state index contributed by atoms with van der Waals surface area (Å²) in [5.74, 6) is -0.939. The number of carboxylic acid groups (broad SMARTS) is 1. The molecule has 0 atom stereocenters. The number of rotatable bonds is 6. The Kier molecular flexibility index (Phi) is 4.51. The number of aromatic nitrogens is 3. The van der Waals surface area contributed by atoms with Crippen molar-refractivity contribution in [3.05, 3.63) is 40.6 Å². The molecule has 0 amide bonds. The van der Waals surface area contributed by atoms with Crippen LogP contribution in [0.1, 0.15) is 16.8 Å². The highest BCUT2D eigenvalue weighted by molar-refractivity contribution is 9.10. The minimum atomic E-state index is -0.939. The van der Waals surface area contributed by atoms with E-state index in [0.717, 1.165) is 17.4 Å². The molecular weight excluding hydrogens is 312 g/mol. The Balaban J connectivity index is 1.91. The van der Waals surface area contributed by atoms with Gasteiger partial charge in [0, 0.05) is 29.4 Å². The summed E-state index contributed by atoms with van der Waals surface area (Å²) < 4.78 is 2.58. The van der Waals surface area contributed by atoms with Crippen LogP contribution in [-0.4, -0.2) is 32.6 Å². The molecule has 7 heteroatoms. The van der Waals surface area contributed by atoms with E-state index in [9.17, 15) is 4.79 Å². The SMILES string of the molecule is O=C(O)c1ccc(Br)cc1NCCCn1ccnn1. The second kappa shape index (κ2) is 6.33. The minimum Gasteiger partial charge on any atom is -0.478 e. The van der Waals surface area contributed by atoms with E-state index >= 15 is 0 Å². The lowest BCUT2D eigenvalue weighted by atomic mass is 10.2. The number of halogens is 1. The van der Waals surface area contributed by atoms with E-state index in [1.165, 1.54) is 0 Å². The molecule has 2 aromatic rings. The van der Waals surface area contributed by atoms with Crippen LogP contribution in [0.4, 0.5) is 5.69 Å². The third-order valence-corrected chi connectivity index (χ3v) is 3.06. The maximum Gasteiger partial charge on any atom is 0.337 e. The summed E-state index contributed by atoms with van der Waals surface area (Å²) >= 11 is 3.33. The number of hydrogen-bond donors (Lipinski definition) is 2. The largest absolute Gasteiger partial charge is 0.478 e. The smallest absolute Gasteiger partial charge is 0.337 e. The van der Waals surface area contributed by atoms with Crippen molar-refractivity contribution in [2.24, 2.45) is 0 Å². The van der Waals surface area contributed by atoms with Gasteiger partial charge >= 0.3 is 5.97 Å². The molecule has 0 spiro atoms. The van der Waals surface area contributed by atoms with Crippen LogP contribution in [0.15, 0.2) is 35.1 Å². The summed E-state index contributed by atoms with van der Waals surface area (Å²) in [5.41, 5.74) is 0.879. The Bertz CT molecular complexity index is 557. The van der Waals surface area contributed by atoms with E-state index < -0.39 is 5.97 Å². The first-order valence-corrected chi connectivity index (χ1v) is 6.57. The maximum atomic E-state index is 11.1. The van der Waals surface area contributed by atoms with Crippen molar-refractivity contribution in [2.45, 2.75) is 13.0 Å². The van der Waals surface area contributed by atoms with Crippen molar-refractivity contribution in [1.82, 2.24) is 15.0 Å². The number of anilines is 1. The van der Waals surface area contributed by atoms with Gasteiger partial charge < -0.3 is 10.4 Å². The number of carboxylic acids is 1. The van der Waals surface area contributed by atoms with Gasteiger partial charge in [-0.15, -0.1) is 5.10 Å². The van der Waals surface area contributed by atoms with Crippen molar-refractivity contribution in [3.63, 3.8) is 0 Å². The van der Waals surface area contributed by atoms with Crippen LogP contribution < -0.4 is 5.32 Å². The number of nitrogens with zero attached hydrogens (tertiary/aromatic N) is 3. The van der Waals surface area contributed by atoms with Gasteiger partial charge in [0.05, 0.1) is 11.8 Å². The molecule has 2 rings (SSSR count). The monoisotopic (exact) mass is 324 g/mol. The van der Waals surface area contributed by atoms with Gasteiger partial charge in [-0.25, -0.2) is 4.79 Å². The predicted octanol–water partition coefficient (Wildman–Crippen LogP) is 2.24. The molecule has 1 aromatic heterocycles. The zero-order valence-electron chi connectivity index (χ0n) is 10.1. The van der Waals surface area contributed by atoms with Crippen molar-refractivity contribution < 1.29 is 9.90 Å². The minimum absolute atomic E-state index is 0.268. The van der Waals surface area contributed by atoms with E-state index in [0.29, 0.717) is 12.2 Å². The first kappa shape index (κ1) is 13.5. The summed E-state index contributed by atoms with van der Waals surface area (Å²) in [4.78, 5) is 11.1. The highest BCUT2D eigenvalue weighted by atomic mass is 79.9. The van der Waals surface area contributed by atoms with Crippen LogP contribution >= 0.6 is 15.9 Å². The Morgan fingerprint density at radius 1 is 1.47 bits per heavy atom. The molecule has 0 bridgehead atoms. The van der Waals surface area contributed by atoms with Crippen LogP contribution in [-0.2, 0) is 6.54 Å². The van der Waals surface area contributed by atoms with Gasteiger partial charge in [-0.05, 0) is 24.6 Å². The topological polar surface area (TPSA) is 80.0 Å². The van der Waals surface area contributed by atoms with Gasteiger partial charge in [0.2, 0.25) is 0 Å². The number of benzene rings is 1. The zero-order valence-corrected chi connectivity index (χ0v) is 11.7. The van der Waals surface area contributed by atoms with Gasteiger partial charge in [-0.3, -0.25) is 4.68 Å². The quantitative estimate of drug-likeness (QED) is 0.796. The summed E-state index contributed by atoms with van der Waals surface area (Å²) in [6.07, 6.45) is 4.25. The molecule has 1 heterocycles. The molecule has 100 valence electrons. The van der Waals surface area contributed by atoms with Gasteiger partial charge in [0.1, 0.15) is 0 Å². The van der Waals surface area contributed by atoms with Crippen molar-refractivity contribution in [1.29, 1.82) is 0 Å². The third-order valence-electron chi connectivity index (χ3n) is 2.56. The maximum absolute atomic E-state index is 11.1. The summed E-state index contributed by atoms with van der Waals surface area (Å²) in [5, 5.41) is 19.8. The lowest BCUT2D eigenvalue weighted by molar-refractivity contribution is 0.0698. The van der Waals surface area contributed by atoms with Gasteiger partial charge in [-0.1, -0.05) is 21.1 Å². The summed E-state index contributed by atoms with van der Waals surface area (Å²) in [6, 6.07) is 5.05. The third kappa shape index (κ3) is 3.78. The first-order chi connectivity index (χ1) is 9.16. The number of carbonyl (C=O) groups is 1. The van der Waals surface area contributed by atoms with Crippen LogP contribution in [0, 0.1) is 0 Å². The van der Waals surface area contributed by atoms with Crippen LogP contribution in [0.25, 0.3) is 0 Å². The van der Waals surface area contributed by atoms with Crippen molar-refractivity contribution in [3.8, 4) is 0 Å². The molecule has 0 radical (unpaired) electrons. The van der Waals surface area contributed by atoms with E-state index in [1.54, 1.807) is 35.3 Å². The fourth-order valence-corrected chi connectivity index (χ4v) is 2.03. The highest BCUT2D eigenvalue weighted by Crippen LogP contribution is 2.21. The summed E-state index contributed by atoms with van der Waals surface area (Å²) in [7, 11) is 0. The lowest BCUT2D eigenvalue weighted by Gasteiger charge is -2.10. The van der Waals surface area contributed by atoms with E-state index in [-0.39, 0.29) is 5.56 Å².